The second-order valence-electron chi connectivity index (χ2n) is 5.35. The van der Waals surface area contributed by atoms with Crippen LogP contribution in [0.4, 0.5) is 5.69 Å². The first-order chi connectivity index (χ1) is 13.3. The summed E-state index contributed by atoms with van der Waals surface area (Å²) in [7, 11) is 1.27. The van der Waals surface area contributed by atoms with Gasteiger partial charge in [-0.2, -0.15) is 5.26 Å². The fourth-order valence-corrected chi connectivity index (χ4v) is 3.82. The van der Waals surface area contributed by atoms with Gasteiger partial charge in [0.05, 0.1) is 15.2 Å². The first-order valence-electron chi connectivity index (χ1n) is 7.75. The Kier molecular flexibility index (Phi) is 7.83. The molecule has 2 N–H and O–H groups in total. The predicted molar refractivity (Wildman–Crippen MR) is 115 cm³/mol. The molecule has 0 bridgehead atoms. The number of esters is 1. The van der Waals surface area contributed by atoms with Crippen molar-refractivity contribution in [2.75, 3.05) is 19.0 Å². The normalized spacial score (nSPS) is 10.7. The van der Waals surface area contributed by atoms with Crippen molar-refractivity contribution in [1.29, 1.82) is 5.26 Å². The van der Waals surface area contributed by atoms with E-state index in [0.717, 1.165) is 0 Å². The molecule has 0 aliphatic carbocycles. The minimum atomic E-state index is -0.578. The van der Waals surface area contributed by atoms with Gasteiger partial charge in [0.1, 0.15) is 23.1 Å². The molecule has 0 aliphatic rings. The monoisotopic (exact) mass is 556 g/mol. The number of phenols is 1. The fraction of sp³-hybridized carbons (Fsp3) is 0.105. The molecule has 9 heteroatoms. The largest absolute Gasteiger partial charge is 0.508 e. The van der Waals surface area contributed by atoms with E-state index in [9.17, 15) is 20.0 Å². The van der Waals surface area contributed by atoms with Crippen LogP contribution in [0, 0.1) is 14.9 Å². The minimum Gasteiger partial charge on any atom is -0.508 e. The Hall–Kier alpha value is -2.58. The maximum Gasteiger partial charge on any atom is 0.343 e. The number of amides is 1. The topological polar surface area (TPSA) is 109 Å². The molecule has 1 amide bonds. The van der Waals surface area contributed by atoms with Crippen LogP contribution >= 0.6 is 38.5 Å². The van der Waals surface area contributed by atoms with Crippen molar-refractivity contribution >= 4 is 62.2 Å². The summed E-state index contributed by atoms with van der Waals surface area (Å²) in [4.78, 5) is 23.6. The first kappa shape index (κ1) is 21.7. The van der Waals surface area contributed by atoms with Crippen LogP contribution in [0.1, 0.15) is 5.56 Å². The summed E-state index contributed by atoms with van der Waals surface area (Å²) in [5.41, 5.74) is 0.948. The SMILES string of the molecule is COC(=O)COc1c(Br)cc(/C=C(\C#N)C(=O)Nc2ccc(O)cc2)cc1I. The molecule has 0 aromatic heterocycles. The summed E-state index contributed by atoms with van der Waals surface area (Å²) in [6, 6.07) is 11.2. The number of benzene rings is 2. The van der Waals surface area contributed by atoms with Crippen LogP contribution in [0.2, 0.25) is 0 Å². The number of phenolic OH excluding ortho intramolecular Hbond substituents is 1. The highest BCUT2D eigenvalue weighted by molar-refractivity contribution is 14.1. The second-order valence-corrected chi connectivity index (χ2v) is 7.37. The minimum absolute atomic E-state index is 0.0722. The molecule has 0 spiro atoms. The lowest BCUT2D eigenvalue weighted by molar-refractivity contribution is -0.142. The number of aromatic hydroxyl groups is 1. The Morgan fingerprint density at radius 1 is 1.32 bits per heavy atom. The average Bonchev–Trinajstić information content (AvgIpc) is 2.66. The third kappa shape index (κ3) is 5.97. The van der Waals surface area contributed by atoms with Crippen molar-refractivity contribution in [3.8, 4) is 17.6 Å². The van der Waals surface area contributed by atoms with E-state index in [1.54, 1.807) is 12.1 Å². The van der Waals surface area contributed by atoms with E-state index in [-0.39, 0.29) is 17.9 Å². The van der Waals surface area contributed by atoms with Crippen LogP contribution in [-0.2, 0) is 14.3 Å². The number of halogens is 2. The van der Waals surface area contributed by atoms with Gasteiger partial charge >= 0.3 is 5.97 Å². The molecular weight excluding hydrogens is 543 g/mol. The zero-order valence-electron chi connectivity index (χ0n) is 14.5. The number of anilines is 1. The van der Waals surface area contributed by atoms with E-state index in [2.05, 4.69) is 26.0 Å². The number of carbonyl (C=O) groups is 2. The maximum atomic E-state index is 12.3. The van der Waals surface area contributed by atoms with Crippen molar-refractivity contribution in [2.45, 2.75) is 0 Å². The van der Waals surface area contributed by atoms with E-state index < -0.39 is 11.9 Å². The third-order valence-electron chi connectivity index (χ3n) is 3.38. The summed E-state index contributed by atoms with van der Waals surface area (Å²) in [6.45, 7) is -0.237. The average molecular weight is 557 g/mol. The first-order valence-corrected chi connectivity index (χ1v) is 9.62. The maximum absolute atomic E-state index is 12.3. The summed E-state index contributed by atoms with van der Waals surface area (Å²) >= 11 is 5.39. The van der Waals surface area contributed by atoms with Crippen molar-refractivity contribution in [3.05, 3.63) is 55.6 Å². The van der Waals surface area contributed by atoms with E-state index in [1.807, 2.05) is 28.7 Å². The highest BCUT2D eigenvalue weighted by atomic mass is 127. The fourth-order valence-electron chi connectivity index (χ4n) is 2.05. The van der Waals surface area contributed by atoms with Crippen molar-refractivity contribution in [1.82, 2.24) is 0 Å². The van der Waals surface area contributed by atoms with Gasteiger partial charge in [-0.05, 0) is 86.6 Å². The number of ether oxygens (including phenoxy) is 2. The number of nitriles is 1. The smallest absolute Gasteiger partial charge is 0.343 e. The lowest BCUT2D eigenvalue weighted by Gasteiger charge is -2.10. The Balaban J connectivity index is 2.21. The van der Waals surface area contributed by atoms with E-state index in [4.69, 9.17) is 4.74 Å². The number of carbonyl (C=O) groups excluding carboxylic acids is 2. The number of methoxy groups -OCH3 is 1. The molecule has 0 fully saturated rings. The molecule has 2 aromatic carbocycles. The molecule has 0 unspecified atom stereocenters. The number of hydrogen-bond donors (Lipinski definition) is 2. The molecule has 0 saturated heterocycles. The lowest BCUT2D eigenvalue weighted by Crippen LogP contribution is -2.14. The molecular formula is C19H14BrIN2O5. The molecule has 0 radical (unpaired) electrons. The summed E-state index contributed by atoms with van der Waals surface area (Å²) in [5.74, 6) is -0.562. The van der Waals surface area contributed by atoms with Gasteiger partial charge in [-0.15, -0.1) is 0 Å². The van der Waals surface area contributed by atoms with Crippen molar-refractivity contribution in [2.24, 2.45) is 0 Å². The van der Waals surface area contributed by atoms with Crippen LogP contribution in [-0.4, -0.2) is 30.7 Å². The lowest BCUT2D eigenvalue weighted by atomic mass is 10.1. The molecule has 2 aromatic rings. The van der Waals surface area contributed by atoms with Gasteiger partial charge in [-0.25, -0.2) is 4.79 Å². The highest BCUT2D eigenvalue weighted by Crippen LogP contribution is 2.32. The number of nitrogens with zero attached hydrogens (tertiary/aromatic N) is 1. The zero-order valence-corrected chi connectivity index (χ0v) is 18.3. The quantitative estimate of drug-likeness (QED) is 0.184. The Bertz CT molecular complexity index is 944. The highest BCUT2D eigenvalue weighted by Gasteiger charge is 2.13. The van der Waals surface area contributed by atoms with Gasteiger partial charge in [-0.1, -0.05) is 0 Å². The van der Waals surface area contributed by atoms with Gasteiger partial charge in [-0.3, -0.25) is 4.79 Å². The Morgan fingerprint density at radius 2 is 2.00 bits per heavy atom. The molecule has 0 heterocycles. The zero-order chi connectivity index (χ0) is 20.7. The van der Waals surface area contributed by atoms with Crippen LogP contribution in [0.15, 0.2) is 46.4 Å². The predicted octanol–water partition coefficient (Wildman–Crippen LogP) is 3.86. The number of nitrogens with one attached hydrogen (secondary N) is 1. The third-order valence-corrected chi connectivity index (χ3v) is 4.77. The van der Waals surface area contributed by atoms with Crippen molar-refractivity contribution < 1.29 is 24.2 Å². The number of hydrogen-bond acceptors (Lipinski definition) is 6. The molecule has 28 heavy (non-hydrogen) atoms. The van der Waals surface area contributed by atoms with E-state index in [1.165, 1.54) is 37.5 Å². The summed E-state index contributed by atoms with van der Waals surface area (Å²) in [6.07, 6.45) is 1.44. The second kappa shape index (κ2) is 10.1. The van der Waals surface area contributed by atoms with Crippen LogP contribution < -0.4 is 10.1 Å². The standard InChI is InChI=1S/C19H14BrIN2O5/c1-27-17(25)10-28-18-15(20)7-11(8-16(18)21)6-12(9-22)19(26)23-13-2-4-14(24)5-3-13/h2-8,24H,10H2,1H3,(H,23,26)/b12-6+. The van der Waals surface area contributed by atoms with Gasteiger partial charge < -0.3 is 19.9 Å². The van der Waals surface area contributed by atoms with Crippen LogP contribution in [0.5, 0.6) is 11.5 Å². The number of rotatable bonds is 6. The van der Waals surface area contributed by atoms with E-state index in [0.29, 0.717) is 25.0 Å². The van der Waals surface area contributed by atoms with Gasteiger partial charge in [0.15, 0.2) is 6.61 Å². The molecule has 7 nitrogen and oxygen atoms in total. The van der Waals surface area contributed by atoms with Gasteiger partial charge in [0, 0.05) is 5.69 Å². The van der Waals surface area contributed by atoms with Crippen LogP contribution in [0.3, 0.4) is 0 Å². The summed E-state index contributed by atoms with van der Waals surface area (Å²) in [5, 5.41) is 21.2. The van der Waals surface area contributed by atoms with Gasteiger partial charge in [0.2, 0.25) is 0 Å². The summed E-state index contributed by atoms with van der Waals surface area (Å²) < 4.78 is 11.2. The van der Waals surface area contributed by atoms with Crippen molar-refractivity contribution in [3.63, 3.8) is 0 Å². The van der Waals surface area contributed by atoms with Crippen LogP contribution in [0.25, 0.3) is 6.08 Å². The van der Waals surface area contributed by atoms with Gasteiger partial charge in [0.25, 0.3) is 5.91 Å². The molecule has 0 aliphatic heterocycles. The Labute approximate surface area is 183 Å². The molecule has 0 saturated carbocycles. The molecule has 0 atom stereocenters. The Morgan fingerprint density at radius 3 is 2.57 bits per heavy atom. The molecule has 144 valence electrons. The molecule has 2 rings (SSSR count). The van der Waals surface area contributed by atoms with E-state index >= 15 is 0 Å².